The average molecular weight is 164 g/mol. The van der Waals surface area contributed by atoms with E-state index in [2.05, 4.69) is 0 Å². The summed E-state index contributed by atoms with van der Waals surface area (Å²) in [5.74, 6) is -0.116. The van der Waals surface area contributed by atoms with Crippen molar-refractivity contribution in [2.24, 2.45) is 0 Å². The number of aromatic hydroxyl groups is 1. The molecule has 0 radical (unpaired) electrons. The Hall–Kier alpha value is -1.64. The van der Waals surface area contributed by atoms with Crippen LogP contribution in [-0.2, 0) is 0 Å². The van der Waals surface area contributed by atoms with Crippen LogP contribution in [0.5, 0.6) is 5.75 Å². The Balaban J connectivity index is 3.45. The van der Waals surface area contributed by atoms with Gasteiger partial charge in [0.05, 0.1) is 5.56 Å². The number of aldehydes is 2. The highest BCUT2D eigenvalue weighted by Crippen LogP contribution is 2.22. The first-order valence-corrected chi connectivity index (χ1v) is 3.43. The summed E-state index contributed by atoms with van der Waals surface area (Å²) in [7, 11) is 0. The molecule has 0 atom stereocenters. The van der Waals surface area contributed by atoms with E-state index in [4.69, 9.17) is 0 Å². The third-order valence-corrected chi connectivity index (χ3v) is 1.70. The van der Waals surface area contributed by atoms with Crippen LogP contribution in [-0.4, -0.2) is 17.7 Å². The van der Waals surface area contributed by atoms with Gasteiger partial charge in [0.2, 0.25) is 0 Å². The number of phenols is 1. The molecule has 1 aromatic rings. The lowest BCUT2D eigenvalue weighted by molar-refractivity contribution is 0.109. The molecule has 1 rings (SSSR count). The summed E-state index contributed by atoms with van der Waals surface area (Å²) in [6.45, 7) is 1.66. The van der Waals surface area contributed by atoms with Crippen molar-refractivity contribution < 1.29 is 14.7 Å². The highest BCUT2D eigenvalue weighted by Gasteiger charge is 2.07. The van der Waals surface area contributed by atoms with Crippen LogP contribution in [0.4, 0.5) is 0 Å². The molecule has 0 saturated carbocycles. The van der Waals surface area contributed by atoms with Crippen LogP contribution in [0.15, 0.2) is 12.1 Å². The van der Waals surface area contributed by atoms with E-state index in [9.17, 15) is 14.7 Å². The molecule has 0 bridgehead atoms. The van der Waals surface area contributed by atoms with Crippen molar-refractivity contribution >= 4 is 12.6 Å². The fourth-order valence-electron chi connectivity index (χ4n) is 0.959. The predicted octanol–water partition coefficient (Wildman–Crippen LogP) is 1.33. The zero-order valence-electron chi connectivity index (χ0n) is 6.57. The van der Waals surface area contributed by atoms with E-state index in [0.29, 0.717) is 18.1 Å². The Morgan fingerprint density at radius 1 is 1.25 bits per heavy atom. The third kappa shape index (κ3) is 1.21. The Morgan fingerprint density at radius 3 is 2.42 bits per heavy atom. The maximum Gasteiger partial charge on any atom is 0.154 e. The minimum Gasteiger partial charge on any atom is -0.507 e. The molecule has 0 amide bonds. The fourth-order valence-corrected chi connectivity index (χ4v) is 0.959. The second-order valence-corrected chi connectivity index (χ2v) is 2.47. The molecule has 0 saturated heterocycles. The van der Waals surface area contributed by atoms with Crippen molar-refractivity contribution in [3.63, 3.8) is 0 Å². The van der Waals surface area contributed by atoms with Gasteiger partial charge in [-0.2, -0.15) is 0 Å². The van der Waals surface area contributed by atoms with E-state index in [1.165, 1.54) is 6.07 Å². The van der Waals surface area contributed by atoms with E-state index < -0.39 is 0 Å². The number of phenolic OH excluding ortho intramolecular Hbond substituents is 1. The smallest absolute Gasteiger partial charge is 0.154 e. The predicted molar refractivity (Wildman–Crippen MR) is 43.6 cm³/mol. The van der Waals surface area contributed by atoms with Crippen LogP contribution in [0, 0.1) is 6.92 Å². The monoisotopic (exact) mass is 164 g/mol. The van der Waals surface area contributed by atoms with Crippen molar-refractivity contribution in [1.29, 1.82) is 0 Å². The molecule has 0 aliphatic heterocycles. The summed E-state index contributed by atoms with van der Waals surface area (Å²) in [5.41, 5.74) is 0.862. The van der Waals surface area contributed by atoms with Gasteiger partial charge in [-0.15, -0.1) is 0 Å². The maximum absolute atomic E-state index is 10.4. The molecular weight excluding hydrogens is 156 g/mol. The SMILES string of the molecule is Cc1ccc(C=O)c(C=O)c1O. The lowest BCUT2D eigenvalue weighted by Gasteiger charge is -2.02. The van der Waals surface area contributed by atoms with Crippen LogP contribution >= 0.6 is 0 Å². The number of hydrogen-bond acceptors (Lipinski definition) is 3. The Labute approximate surface area is 69.6 Å². The van der Waals surface area contributed by atoms with Crippen molar-refractivity contribution in [1.82, 2.24) is 0 Å². The molecule has 0 aliphatic rings. The summed E-state index contributed by atoms with van der Waals surface area (Å²) < 4.78 is 0. The molecule has 1 aromatic carbocycles. The first-order chi connectivity index (χ1) is 5.70. The molecule has 0 unspecified atom stereocenters. The molecule has 62 valence electrons. The largest absolute Gasteiger partial charge is 0.507 e. The van der Waals surface area contributed by atoms with Gasteiger partial charge < -0.3 is 5.11 Å². The third-order valence-electron chi connectivity index (χ3n) is 1.70. The summed E-state index contributed by atoms with van der Waals surface area (Å²) in [5, 5.41) is 9.32. The topological polar surface area (TPSA) is 54.4 Å². The molecular formula is C9H8O3. The van der Waals surface area contributed by atoms with Crippen LogP contribution in [0.3, 0.4) is 0 Å². The number of carbonyl (C=O) groups is 2. The Bertz CT molecular complexity index is 329. The van der Waals surface area contributed by atoms with Crippen molar-refractivity contribution in [3.8, 4) is 5.75 Å². The summed E-state index contributed by atoms with van der Waals surface area (Å²) in [6.07, 6.45) is 1.02. The second-order valence-electron chi connectivity index (χ2n) is 2.47. The molecule has 0 aromatic heterocycles. The molecule has 1 N–H and O–H groups in total. The Morgan fingerprint density at radius 2 is 1.92 bits per heavy atom. The van der Waals surface area contributed by atoms with E-state index >= 15 is 0 Å². The number of aryl methyl sites for hydroxylation is 1. The highest BCUT2D eigenvalue weighted by atomic mass is 16.3. The van der Waals surface area contributed by atoms with E-state index in [1.54, 1.807) is 13.0 Å². The zero-order chi connectivity index (χ0) is 9.14. The molecule has 3 heteroatoms. The van der Waals surface area contributed by atoms with Gasteiger partial charge in [-0.25, -0.2) is 0 Å². The van der Waals surface area contributed by atoms with Gasteiger partial charge in [0.25, 0.3) is 0 Å². The molecule has 0 fully saturated rings. The number of carbonyl (C=O) groups excluding carboxylic acids is 2. The second kappa shape index (κ2) is 3.17. The molecule has 3 nitrogen and oxygen atoms in total. The van der Waals surface area contributed by atoms with Gasteiger partial charge in [0.1, 0.15) is 5.75 Å². The van der Waals surface area contributed by atoms with Crippen LogP contribution < -0.4 is 0 Å². The number of benzene rings is 1. The fraction of sp³-hybridized carbons (Fsp3) is 0.111. The number of hydrogen-bond donors (Lipinski definition) is 1. The maximum atomic E-state index is 10.4. The first kappa shape index (κ1) is 8.46. The number of rotatable bonds is 2. The lowest BCUT2D eigenvalue weighted by Crippen LogP contribution is -1.92. The van der Waals surface area contributed by atoms with Gasteiger partial charge in [-0.05, 0) is 12.5 Å². The minimum atomic E-state index is -0.116. The van der Waals surface area contributed by atoms with Gasteiger partial charge in [-0.3, -0.25) is 9.59 Å². The lowest BCUT2D eigenvalue weighted by atomic mass is 10.1. The van der Waals surface area contributed by atoms with Gasteiger partial charge in [0, 0.05) is 5.56 Å². The van der Waals surface area contributed by atoms with Crippen molar-refractivity contribution in [2.45, 2.75) is 6.92 Å². The van der Waals surface area contributed by atoms with Gasteiger partial charge in [0.15, 0.2) is 12.6 Å². The molecule has 0 spiro atoms. The van der Waals surface area contributed by atoms with Crippen LogP contribution in [0.1, 0.15) is 26.3 Å². The zero-order valence-corrected chi connectivity index (χ0v) is 6.57. The van der Waals surface area contributed by atoms with Crippen molar-refractivity contribution in [3.05, 3.63) is 28.8 Å². The molecule has 12 heavy (non-hydrogen) atoms. The van der Waals surface area contributed by atoms with Crippen molar-refractivity contribution in [2.75, 3.05) is 0 Å². The quantitative estimate of drug-likeness (QED) is 0.671. The van der Waals surface area contributed by atoms with Gasteiger partial charge >= 0.3 is 0 Å². The minimum absolute atomic E-state index is 0.0602. The van der Waals surface area contributed by atoms with Gasteiger partial charge in [-0.1, -0.05) is 12.1 Å². The summed E-state index contributed by atoms with van der Waals surface area (Å²) in [4.78, 5) is 20.8. The van der Waals surface area contributed by atoms with E-state index in [0.717, 1.165) is 0 Å². The first-order valence-electron chi connectivity index (χ1n) is 3.43. The van der Waals surface area contributed by atoms with E-state index in [-0.39, 0.29) is 16.9 Å². The summed E-state index contributed by atoms with van der Waals surface area (Å²) in [6, 6.07) is 3.10. The highest BCUT2D eigenvalue weighted by molar-refractivity contribution is 5.93. The van der Waals surface area contributed by atoms with Crippen LogP contribution in [0.25, 0.3) is 0 Å². The standard InChI is InChI=1S/C9H8O3/c1-6-2-3-7(4-10)8(5-11)9(6)12/h2-5,12H,1H3. The van der Waals surface area contributed by atoms with Crippen LogP contribution in [0.2, 0.25) is 0 Å². The molecule has 0 heterocycles. The normalized spacial score (nSPS) is 9.42. The average Bonchev–Trinajstić information content (AvgIpc) is 2.09. The van der Waals surface area contributed by atoms with E-state index in [1.807, 2.05) is 0 Å². The molecule has 0 aliphatic carbocycles. The summed E-state index contributed by atoms with van der Waals surface area (Å²) >= 11 is 0. The Kier molecular flexibility index (Phi) is 2.24.